The van der Waals surface area contributed by atoms with Crippen molar-refractivity contribution in [1.82, 2.24) is 0 Å². The summed E-state index contributed by atoms with van der Waals surface area (Å²) >= 11 is 0. The smallest absolute Gasteiger partial charge is 0.332 e. The predicted octanol–water partition coefficient (Wildman–Crippen LogP) is -0.226. The third kappa shape index (κ3) is 6.53. The Morgan fingerprint density at radius 1 is 1.55 bits per heavy atom. The number of carboxylic acid groups (broad SMARTS) is 1. The van der Waals surface area contributed by atoms with Gasteiger partial charge in [0.05, 0.1) is 0 Å². The topological polar surface area (TPSA) is 72.8 Å². The van der Waals surface area contributed by atoms with Gasteiger partial charge in [0.15, 0.2) is 6.79 Å². The molecule has 0 bridgehead atoms. The van der Waals surface area contributed by atoms with Crippen molar-refractivity contribution < 1.29 is 24.2 Å². The van der Waals surface area contributed by atoms with E-state index < -0.39 is 18.5 Å². The van der Waals surface area contributed by atoms with Crippen LogP contribution in [0.15, 0.2) is 12.7 Å². The van der Waals surface area contributed by atoms with Crippen LogP contribution in [0.3, 0.4) is 0 Å². The second-order valence-electron chi connectivity index (χ2n) is 1.53. The average Bonchev–Trinajstić information content (AvgIpc) is 1.97. The van der Waals surface area contributed by atoms with Gasteiger partial charge in [-0.25, -0.2) is 9.59 Å². The van der Waals surface area contributed by atoms with Crippen molar-refractivity contribution in [2.75, 3.05) is 13.4 Å². The largest absolute Gasteiger partial charge is 0.480 e. The molecule has 0 aromatic carbocycles. The highest BCUT2D eigenvalue weighted by Crippen LogP contribution is 1.80. The summed E-state index contributed by atoms with van der Waals surface area (Å²) in [6.07, 6.45) is 0.962. The zero-order valence-electron chi connectivity index (χ0n) is 5.78. The molecule has 0 aliphatic rings. The van der Waals surface area contributed by atoms with Crippen molar-refractivity contribution in [3.05, 3.63) is 12.7 Å². The highest BCUT2D eigenvalue weighted by atomic mass is 16.7. The van der Waals surface area contributed by atoms with Gasteiger partial charge in [0.25, 0.3) is 0 Å². The van der Waals surface area contributed by atoms with Crippen LogP contribution in [0.2, 0.25) is 0 Å². The lowest BCUT2D eigenvalue weighted by Crippen LogP contribution is -2.11. The summed E-state index contributed by atoms with van der Waals surface area (Å²) in [5, 5.41) is 8.05. The maximum absolute atomic E-state index is 10.3. The molecule has 0 fully saturated rings. The molecule has 0 saturated carbocycles. The number of carbonyl (C=O) groups excluding carboxylic acids is 1. The van der Waals surface area contributed by atoms with Crippen molar-refractivity contribution in [3.63, 3.8) is 0 Å². The first-order chi connectivity index (χ1) is 5.16. The number of hydrogen-bond donors (Lipinski definition) is 1. The van der Waals surface area contributed by atoms with Crippen molar-refractivity contribution in [3.8, 4) is 0 Å². The summed E-state index contributed by atoms with van der Waals surface area (Å²) in [5.74, 6) is -1.75. The first-order valence-electron chi connectivity index (χ1n) is 2.75. The summed E-state index contributed by atoms with van der Waals surface area (Å²) in [4.78, 5) is 20.1. The minimum atomic E-state index is -1.11. The standard InChI is InChI=1S/C6H8O5/c1-2-6(9)11-4-10-3-5(7)8/h2H,1,3-4H2,(H,7,8). The van der Waals surface area contributed by atoms with Gasteiger partial charge >= 0.3 is 11.9 Å². The van der Waals surface area contributed by atoms with E-state index in [-0.39, 0.29) is 6.79 Å². The normalized spacial score (nSPS) is 8.73. The Morgan fingerprint density at radius 2 is 2.18 bits per heavy atom. The van der Waals surface area contributed by atoms with Crippen LogP contribution in [0.25, 0.3) is 0 Å². The fraction of sp³-hybridized carbons (Fsp3) is 0.333. The summed E-state index contributed by atoms with van der Waals surface area (Å²) in [6.45, 7) is 2.28. The maximum atomic E-state index is 10.3. The van der Waals surface area contributed by atoms with E-state index in [1.807, 2.05) is 0 Å². The summed E-state index contributed by atoms with van der Waals surface area (Å²) in [6, 6.07) is 0. The Labute approximate surface area is 63.2 Å². The van der Waals surface area contributed by atoms with Crippen LogP contribution in [0, 0.1) is 0 Å². The molecule has 0 saturated heterocycles. The molecule has 0 spiro atoms. The van der Waals surface area contributed by atoms with Gasteiger partial charge in [-0.2, -0.15) is 0 Å². The minimum Gasteiger partial charge on any atom is -0.480 e. The number of rotatable bonds is 5. The fourth-order valence-electron chi connectivity index (χ4n) is 0.288. The van der Waals surface area contributed by atoms with E-state index in [2.05, 4.69) is 16.1 Å². The highest BCUT2D eigenvalue weighted by molar-refractivity contribution is 5.81. The van der Waals surface area contributed by atoms with E-state index >= 15 is 0 Å². The number of hydrogen-bond acceptors (Lipinski definition) is 4. The summed E-state index contributed by atoms with van der Waals surface area (Å²) < 4.78 is 8.68. The zero-order chi connectivity index (χ0) is 8.69. The lowest BCUT2D eigenvalue weighted by atomic mass is 10.7. The average molecular weight is 160 g/mol. The van der Waals surface area contributed by atoms with Gasteiger partial charge < -0.3 is 14.6 Å². The lowest BCUT2D eigenvalue weighted by Gasteiger charge is -1.99. The molecule has 0 atom stereocenters. The highest BCUT2D eigenvalue weighted by Gasteiger charge is 1.97. The molecule has 0 aliphatic heterocycles. The minimum absolute atomic E-state index is 0.364. The van der Waals surface area contributed by atoms with E-state index in [0.29, 0.717) is 0 Å². The van der Waals surface area contributed by atoms with Gasteiger partial charge in [-0.3, -0.25) is 0 Å². The van der Waals surface area contributed by atoms with Crippen LogP contribution < -0.4 is 0 Å². The quantitative estimate of drug-likeness (QED) is 0.260. The second-order valence-corrected chi connectivity index (χ2v) is 1.53. The van der Waals surface area contributed by atoms with E-state index in [9.17, 15) is 9.59 Å². The molecule has 5 heteroatoms. The van der Waals surface area contributed by atoms with Gasteiger partial charge in [0.1, 0.15) is 6.61 Å². The van der Waals surface area contributed by atoms with Crippen molar-refractivity contribution >= 4 is 11.9 Å². The first kappa shape index (κ1) is 9.64. The number of carbonyl (C=O) groups is 2. The molecule has 5 nitrogen and oxygen atoms in total. The van der Waals surface area contributed by atoms with Gasteiger partial charge in [0.2, 0.25) is 0 Å². The van der Waals surface area contributed by atoms with Crippen molar-refractivity contribution in [2.45, 2.75) is 0 Å². The zero-order valence-corrected chi connectivity index (χ0v) is 5.78. The number of esters is 1. The fourth-order valence-corrected chi connectivity index (χ4v) is 0.288. The molecular formula is C6H8O5. The molecule has 0 amide bonds. The van der Waals surface area contributed by atoms with Crippen molar-refractivity contribution in [1.29, 1.82) is 0 Å². The maximum Gasteiger partial charge on any atom is 0.332 e. The van der Waals surface area contributed by atoms with Crippen LogP contribution in [0.1, 0.15) is 0 Å². The Kier molecular flexibility index (Phi) is 4.76. The van der Waals surface area contributed by atoms with E-state index in [1.54, 1.807) is 0 Å². The van der Waals surface area contributed by atoms with Crippen molar-refractivity contribution in [2.24, 2.45) is 0 Å². The van der Waals surface area contributed by atoms with Crippen LogP contribution in [0.4, 0.5) is 0 Å². The number of carboxylic acids is 1. The molecule has 0 aliphatic carbocycles. The monoisotopic (exact) mass is 160 g/mol. The predicted molar refractivity (Wildman–Crippen MR) is 34.7 cm³/mol. The van der Waals surface area contributed by atoms with E-state index in [0.717, 1.165) is 6.08 Å². The van der Waals surface area contributed by atoms with Crippen LogP contribution in [-0.2, 0) is 19.1 Å². The van der Waals surface area contributed by atoms with Gasteiger partial charge in [0, 0.05) is 6.08 Å². The van der Waals surface area contributed by atoms with Gasteiger partial charge in [-0.15, -0.1) is 0 Å². The Balaban J connectivity index is 3.21. The molecule has 0 aromatic heterocycles. The third-order valence-corrected chi connectivity index (χ3v) is 0.677. The van der Waals surface area contributed by atoms with Crippen LogP contribution in [-0.4, -0.2) is 30.4 Å². The lowest BCUT2D eigenvalue weighted by molar-refractivity contribution is -0.158. The second kappa shape index (κ2) is 5.43. The van der Waals surface area contributed by atoms with Crippen LogP contribution >= 0.6 is 0 Å². The summed E-state index contributed by atoms with van der Waals surface area (Å²) in [7, 11) is 0. The molecule has 1 N–H and O–H groups in total. The Morgan fingerprint density at radius 3 is 2.64 bits per heavy atom. The molecular weight excluding hydrogens is 152 g/mol. The van der Waals surface area contributed by atoms with E-state index in [1.165, 1.54) is 0 Å². The third-order valence-electron chi connectivity index (χ3n) is 0.677. The molecule has 0 aromatic rings. The Bertz CT molecular complexity index is 162. The SMILES string of the molecule is C=CC(=O)OCOCC(=O)O. The Hall–Kier alpha value is -1.36. The van der Waals surface area contributed by atoms with E-state index in [4.69, 9.17) is 5.11 Å². The van der Waals surface area contributed by atoms with Crippen LogP contribution in [0.5, 0.6) is 0 Å². The molecule has 11 heavy (non-hydrogen) atoms. The molecule has 0 radical (unpaired) electrons. The number of aliphatic carboxylic acids is 1. The molecule has 62 valence electrons. The first-order valence-corrected chi connectivity index (χ1v) is 2.75. The molecule has 0 heterocycles. The van der Waals surface area contributed by atoms with Gasteiger partial charge in [-0.05, 0) is 0 Å². The van der Waals surface area contributed by atoms with Gasteiger partial charge in [-0.1, -0.05) is 6.58 Å². The molecule has 0 rings (SSSR count). The summed E-state index contributed by atoms with van der Waals surface area (Å²) in [5.41, 5.74) is 0. The number of ether oxygens (including phenoxy) is 2. The molecule has 0 unspecified atom stereocenters.